The molecular weight excluding hydrogens is 238 g/mol. The maximum atomic E-state index is 5.42. The minimum Gasteiger partial charge on any atom is -0.366 e. The predicted molar refractivity (Wildman–Crippen MR) is 79.9 cm³/mol. The Kier molecular flexibility index (Phi) is 3.57. The molecule has 1 heterocycles. The molecule has 2 aromatic rings. The molecule has 5 heteroatoms. The van der Waals surface area contributed by atoms with E-state index in [4.69, 9.17) is 5.84 Å². The molecule has 5 nitrogen and oxygen atoms in total. The molecule has 0 bridgehead atoms. The van der Waals surface area contributed by atoms with Gasteiger partial charge in [0.15, 0.2) is 0 Å². The first-order valence-corrected chi connectivity index (χ1v) is 6.42. The summed E-state index contributed by atoms with van der Waals surface area (Å²) in [5.41, 5.74) is 3.52. The van der Waals surface area contributed by atoms with Gasteiger partial charge in [0.05, 0.1) is 5.52 Å². The fraction of sp³-hybridized carbons (Fsp3) is 0.429. The number of para-hydroxylation sites is 1. The average molecular weight is 259 g/mol. The van der Waals surface area contributed by atoms with E-state index in [0.717, 1.165) is 16.7 Å². The Morgan fingerprint density at radius 2 is 1.84 bits per heavy atom. The van der Waals surface area contributed by atoms with Gasteiger partial charge in [0.1, 0.15) is 5.82 Å². The summed E-state index contributed by atoms with van der Waals surface area (Å²) in [4.78, 5) is 8.75. The van der Waals surface area contributed by atoms with Crippen LogP contribution in [-0.4, -0.2) is 16.0 Å². The average Bonchev–Trinajstić information content (AvgIpc) is 2.37. The number of nitrogens with zero attached hydrogens (tertiary/aromatic N) is 2. The third-order valence-corrected chi connectivity index (χ3v) is 3.38. The number of rotatable bonds is 3. The van der Waals surface area contributed by atoms with Crippen LogP contribution < -0.4 is 16.6 Å². The summed E-state index contributed by atoms with van der Waals surface area (Å²) >= 11 is 0. The second-order valence-electron chi connectivity index (χ2n) is 5.79. The highest BCUT2D eigenvalue weighted by molar-refractivity contribution is 5.90. The van der Waals surface area contributed by atoms with Crippen LogP contribution in [0.1, 0.15) is 27.7 Å². The Balaban J connectivity index is 2.46. The van der Waals surface area contributed by atoms with E-state index in [2.05, 4.69) is 48.4 Å². The number of hydrogen-bond donors (Lipinski definition) is 3. The van der Waals surface area contributed by atoms with E-state index >= 15 is 0 Å². The quantitative estimate of drug-likeness (QED) is 0.583. The van der Waals surface area contributed by atoms with Crippen LogP contribution in [0.3, 0.4) is 0 Å². The molecule has 19 heavy (non-hydrogen) atoms. The van der Waals surface area contributed by atoms with Crippen molar-refractivity contribution in [3.05, 3.63) is 24.3 Å². The van der Waals surface area contributed by atoms with Crippen LogP contribution in [0.4, 0.5) is 11.8 Å². The number of nitrogen functional groups attached to an aromatic ring is 1. The van der Waals surface area contributed by atoms with Gasteiger partial charge in [-0.3, -0.25) is 5.43 Å². The lowest BCUT2D eigenvalue weighted by Crippen LogP contribution is -2.31. The van der Waals surface area contributed by atoms with Crippen molar-refractivity contribution < 1.29 is 0 Å². The Hall–Kier alpha value is -1.88. The summed E-state index contributed by atoms with van der Waals surface area (Å²) < 4.78 is 0. The van der Waals surface area contributed by atoms with Gasteiger partial charge in [-0.1, -0.05) is 32.9 Å². The molecule has 1 unspecified atom stereocenters. The van der Waals surface area contributed by atoms with Crippen molar-refractivity contribution in [2.24, 2.45) is 11.3 Å². The van der Waals surface area contributed by atoms with Gasteiger partial charge in [-0.2, -0.15) is 4.98 Å². The van der Waals surface area contributed by atoms with Crippen LogP contribution in [0.5, 0.6) is 0 Å². The maximum Gasteiger partial charge on any atom is 0.239 e. The van der Waals surface area contributed by atoms with Gasteiger partial charge in [0.25, 0.3) is 0 Å². The zero-order valence-corrected chi connectivity index (χ0v) is 11.9. The molecule has 1 aromatic heterocycles. The summed E-state index contributed by atoms with van der Waals surface area (Å²) in [5.74, 6) is 6.65. The van der Waals surface area contributed by atoms with Crippen LogP contribution in [-0.2, 0) is 0 Å². The van der Waals surface area contributed by atoms with E-state index in [1.807, 2.05) is 24.3 Å². The largest absolute Gasteiger partial charge is 0.366 e. The number of nitrogens with two attached hydrogens (primary N) is 1. The normalized spacial score (nSPS) is 13.3. The lowest BCUT2D eigenvalue weighted by atomic mass is 9.88. The van der Waals surface area contributed by atoms with E-state index in [1.165, 1.54) is 0 Å². The molecule has 4 N–H and O–H groups in total. The number of fused-ring (bicyclic) bond motifs is 1. The molecule has 0 aliphatic heterocycles. The van der Waals surface area contributed by atoms with Crippen LogP contribution in [0.2, 0.25) is 0 Å². The van der Waals surface area contributed by atoms with Gasteiger partial charge >= 0.3 is 0 Å². The molecule has 0 saturated heterocycles. The Labute approximate surface area is 113 Å². The van der Waals surface area contributed by atoms with Crippen molar-refractivity contribution in [2.75, 3.05) is 10.7 Å². The van der Waals surface area contributed by atoms with Crippen molar-refractivity contribution in [2.45, 2.75) is 33.7 Å². The standard InChI is InChI=1S/C14H21N5/c1-9(14(2,3)4)16-12-10-7-5-6-8-11(10)17-13(18-12)19-15/h5-9H,15H2,1-4H3,(H2,16,17,18,19). The summed E-state index contributed by atoms with van der Waals surface area (Å²) in [5, 5.41) is 4.45. The topological polar surface area (TPSA) is 75.9 Å². The number of nitrogens with one attached hydrogen (secondary N) is 2. The number of anilines is 2. The molecule has 1 aromatic carbocycles. The minimum absolute atomic E-state index is 0.141. The fourth-order valence-electron chi connectivity index (χ4n) is 1.67. The lowest BCUT2D eigenvalue weighted by molar-refractivity contribution is 0.359. The third-order valence-electron chi connectivity index (χ3n) is 3.38. The molecule has 1 atom stereocenters. The first-order valence-electron chi connectivity index (χ1n) is 6.42. The van der Waals surface area contributed by atoms with Gasteiger partial charge in [0, 0.05) is 11.4 Å². The maximum absolute atomic E-state index is 5.42. The number of benzene rings is 1. The van der Waals surface area contributed by atoms with Crippen LogP contribution in [0.25, 0.3) is 10.9 Å². The molecule has 0 aliphatic rings. The smallest absolute Gasteiger partial charge is 0.239 e. The predicted octanol–water partition coefficient (Wildman–Crippen LogP) is 2.76. The SMILES string of the molecule is CC(Nc1nc(NN)nc2ccccc12)C(C)(C)C. The van der Waals surface area contributed by atoms with Gasteiger partial charge in [-0.15, -0.1) is 0 Å². The molecule has 0 aliphatic carbocycles. The summed E-state index contributed by atoms with van der Waals surface area (Å²) in [6, 6.07) is 8.16. The summed E-state index contributed by atoms with van der Waals surface area (Å²) in [6.45, 7) is 8.72. The second-order valence-corrected chi connectivity index (χ2v) is 5.79. The molecule has 102 valence electrons. The van der Waals surface area contributed by atoms with Gasteiger partial charge in [-0.05, 0) is 24.5 Å². The highest BCUT2D eigenvalue weighted by atomic mass is 15.3. The van der Waals surface area contributed by atoms with Gasteiger partial charge in [-0.25, -0.2) is 10.8 Å². The monoisotopic (exact) mass is 259 g/mol. The molecule has 2 rings (SSSR count). The zero-order valence-electron chi connectivity index (χ0n) is 11.9. The van der Waals surface area contributed by atoms with Crippen LogP contribution in [0.15, 0.2) is 24.3 Å². The van der Waals surface area contributed by atoms with E-state index in [1.54, 1.807) is 0 Å². The lowest BCUT2D eigenvalue weighted by Gasteiger charge is -2.29. The van der Waals surface area contributed by atoms with Crippen LogP contribution in [0, 0.1) is 5.41 Å². The van der Waals surface area contributed by atoms with E-state index < -0.39 is 0 Å². The van der Waals surface area contributed by atoms with E-state index in [-0.39, 0.29) is 11.5 Å². The highest BCUT2D eigenvalue weighted by Gasteiger charge is 2.21. The Bertz CT molecular complexity index is 574. The number of aromatic nitrogens is 2. The van der Waals surface area contributed by atoms with E-state index in [9.17, 15) is 0 Å². The number of hydrazine groups is 1. The first kappa shape index (κ1) is 13.5. The second kappa shape index (κ2) is 5.01. The highest BCUT2D eigenvalue weighted by Crippen LogP contribution is 2.26. The molecule has 0 fully saturated rings. The van der Waals surface area contributed by atoms with Gasteiger partial charge in [0.2, 0.25) is 5.95 Å². The molecule has 0 spiro atoms. The number of hydrogen-bond acceptors (Lipinski definition) is 5. The Morgan fingerprint density at radius 1 is 1.16 bits per heavy atom. The van der Waals surface area contributed by atoms with Crippen molar-refractivity contribution >= 4 is 22.7 Å². The Morgan fingerprint density at radius 3 is 2.47 bits per heavy atom. The third kappa shape index (κ3) is 2.93. The van der Waals surface area contributed by atoms with Crippen LogP contribution >= 0.6 is 0 Å². The van der Waals surface area contributed by atoms with Crippen molar-refractivity contribution in [1.29, 1.82) is 0 Å². The van der Waals surface area contributed by atoms with E-state index in [0.29, 0.717) is 5.95 Å². The van der Waals surface area contributed by atoms with Crippen molar-refractivity contribution in [3.63, 3.8) is 0 Å². The molecular formula is C14H21N5. The van der Waals surface area contributed by atoms with Crippen molar-refractivity contribution in [3.8, 4) is 0 Å². The molecule has 0 saturated carbocycles. The molecule has 0 radical (unpaired) electrons. The van der Waals surface area contributed by atoms with Crippen molar-refractivity contribution in [1.82, 2.24) is 9.97 Å². The molecule has 0 amide bonds. The van der Waals surface area contributed by atoms with Gasteiger partial charge < -0.3 is 5.32 Å². The fourth-order valence-corrected chi connectivity index (χ4v) is 1.67. The summed E-state index contributed by atoms with van der Waals surface area (Å²) in [6.07, 6.45) is 0. The first-order chi connectivity index (χ1) is 8.91. The zero-order chi connectivity index (χ0) is 14.0. The summed E-state index contributed by atoms with van der Waals surface area (Å²) in [7, 11) is 0. The minimum atomic E-state index is 0.141.